The van der Waals surface area contributed by atoms with E-state index in [1.165, 1.54) is 0 Å². The zero-order valence-corrected chi connectivity index (χ0v) is 9.92. The summed E-state index contributed by atoms with van der Waals surface area (Å²) in [6.45, 7) is -0.110. The maximum Gasteiger partial charge on any atom is 0.310 e. The van der Waals surface area contributed by atoms with Crippen LogP contribution in [0.15, 0.2) is 0 Å². The molecule has 16 heavy (non-hydrogen) atoms. The van der Waals surface area contributed by atoms with Gasteiger partial charge in [0, 0.05) is 6.54 Å². The molecule has 0 aliphatic heterocycles. The highest BCUT2D eigenvalue weighted by Crippen LogP contribution is 2.34. The van der Waals surface area contributed by atoms with Gasteiger partial charge in [-0.15, -0.1) is 0 Å². The number of rotatable bonds is 4. The number of carboxylic acids is 1. The van der Waals surface area contributed by atoms with Gasteiger partial charge in [-0.1, -0.05) is 25.7 Å². The highest BCUT2D eigenvalue weighted by molar-refractivity contribution is 7.87. The van der Waals surface area contributed by atoms with Gasteiger partial charge >= 0.3 is 5.97 Å². The molecular weight excluding hydrogens is 232 g/mol. The molecule has 6 nitrogen and oxygen atoms in total. The molecule has 1 aliphatic rings. The van der Waals surface area contributed by atoms with Crippen LogP contribution in [0, 0.1) is 5.41 Å². The first-order valence-electron chi connectivity index (χ1n) is 5.37. The van der Waals surface area contributed by atoms with Crippen molar-refractivity contribution in [2.24, 2.45) is 10.6 Å². The van der Waals surface area contributed by atoms with Gasteiger partial charge in [0.15, 0.2) is 0 Å². The summed E-state index contributed by atoms with van der Waals surface area (Å²) in [7, 11) is -3.82. The molecule has 0 bridgehead atoms. The van der Waals surface area contributed by atoms with E-state index in [2.05, 4.69) is 4.72 Å². The topological polar surface area (TPSA) is 109 Å². The van der Waals surface area contributed by atoms with Crippen LogP contribution >= 0.6 is 0 Å². The maximum atomic E-state index is 11.3. The van der Waals surface area contributed by atoms with Gasteiger partial charge in [-0.2, -0.15) is 8.42 Å². The van der Waals surface area contributed by atoms with E-state index in [0.29, 0.717) is 12.8 Å². The Morgan fingerprint density at radius 1 is 1.25 bits per heavy atom. The minimum atomic E-state index is -3.82. The van der Waals surface area contributed by atoms with Crippen LogP contribution in [0.3, 0.4) is 0 Å². The Hall–Kier alpha value is -0.660. The van der Waals surface area contributed by atoms with Crippen LogP contribution in [-0.4, -0.2) is 26.0 Å². The van der Waals surface area contributed by atoms with E-state index in [1.54, 1.807) is 0 Å². The Bertz CT molecular complexity index is 345. The number of carbonyl (C=O) groups is 1. The monoisotopic (exact) mass is 250 g/mol. The van der Waals surface area contributed by atoms with Crippen molar-refractivity contribution in [3.63, 3.8) is 0 Å². The number of hydrogen-bond acceptors (Lipinski definition) is 3. The largest absolute Gasteiger partial charge is 0.481 e. The van der Waals surface area contributed by atoms with Gasteiger partial charge in [-0.25, -0.2) is 9.86 Å². The van der Waals surface area contributed by atoms with Crippen LogP contribution in [0.4, 0.5) is 0 Å². The molecule has 0 heterocycles. The van der Waals surface area contributed by atoms with E-state index < -0.39 is 21.6 Å². The van der Waals surface area contributed by atoms with Crippen molar-refractivity contribution < 1.29 is 18.3 Å². The summed E-state index contributed by atoms with van der Waals surface area (Å²) in [5, 5.41) is 14.1. The predicted octanol–water partition coefficient (Wildman–Crippen LogP) is 0.205. The third-order valence-electron chi connectivity index (χ3n) is 3.13. The van der Waals surface area contributed by atoms with E-state index >= 15 is 0 Å². The fourth-order valence-electron chi connectivity index (χ4n) is 2.11. The standard InChI is InChI=1S/C9H18N2O4S/c10-16(14,15)11-7-9(8(12)13)5-3-1-2-4-6-9/h11H,1-7H2,(H,12,13)(H2,10,14,15). The van der Waals surface area contributed by atoms with Gasteiger partial charge in [0.25, 0.3) is 10.2 Å². The van der Waals surface area contributed by atoms with Gasteiger partial charge in [0.05, 0.1) is 5.41 Å². The predicted molar refractivity (Wildman–Crippen MR) is 58.9 cm³/mol. The Balaban J connectivity index is 2.75. The minimum absolute atomic E-state index is 0.110. The summed E-state index contributed by atoms with van der Waals surface area (Å²) in [5.41, 5.74) is -0.983. The van der Waals surface area contributed by atoms with Crippen molar-refractivity contribution in [1.29, 1.82) is 0 Å². The average molecular weight is 250 g/mol. The molecule has 1 saturated carbocycles. The second kappa shape index (κ2) is 5.11. The Labute approximate surface area is 95.4 Å². The van der Waals surface area contributed by atoms with Gasteiger partial charge < -0.3 is 5.11 Å². The van der Waals surface area contributed by atoms with Crippen LogP contribution in [0.2, 0.25) is 0 Å². The highest BCUT2D eigenvalue weighted by Gasteiger charge is 2.39. The Morgan fingerprint density at radius 2 is 1.75 bits per heavy atom. The summed E-state index contributed by atoms with van der Waals surface area (Å²) < 4.78 is 23.7. The molecule has 0 aromatic rings. The molecule has 0 radical (unpaired) electrons. The molecule has 94 valence electrons. The second-order valence-electron chi connectivity index (χ2n) is 4.37. The molecule has 0 aromatic heterocycles. The molecule has 0 unspecified atom stereocenters. The first-order valence-corrected chi connectivity index (χ1v) is 6.91. The van der Waals surface area contributed by atoms with Gasteiger partial charge in [0.1, 0.15) is 0 Å². The molecule has 0 atom stereocenters. The molecular formula is C9H18N2O4S. The highest BCUT2D eigenvalue weighted by atomic mass is 32.2. The first-order chi connectivity index (χ1) is 7.36. The fourth-order valence-corrected chi connectivity index (χ4v) is 2.59. The van der Waals surface area contributed by atoms with Gasteiger partial charge in [-0.05, 0) is 12.8 Å². The van der Waals surface area contributed by atoms with Crippen LogP contribution in [0.1, 0.15) is 38.5 Å². The lowest BCUT2D eigenvalue weighted by atomic mass is 9.80. The molecule has 0 amide bonds. The van der Waals surface area contributed by atoms with Crippen molar-refractivity contribution in [1.82, 2.24) is 4.72 Å². The number of aliphatic carboxylic acids is 1. The van der Waals surface area contributed by atoms with Crippen LogP contribution < -0.4 is 9.86 Å². The Morgan fingerprint density at radius 3 is 2.12 bits per heavy atom. The molecule has 0 saturated heterocycles. The summed E-state index contributed by atoms with van der Waals surface area (Å²) in [4.78, 5) is 11.3. The summed E-state index contributed by atoms with van der Waals surface area (Å²) >= 11 is 0. The molecule has 1 fully saturated rings. The maximum absolute atomic E-state index is 11.3. The lowest BCUT2D eigenvalue weighted by molar-refractivity contribution is -0.149. The van der Waals surface area contributed by atoms with E-state index in [9.17, 15) is 18.3 Å². The van der Waals surface area contributed by atoms with Gasteiger partial charge in [-0.3, -0.25) is 4.79 Å². The summed E-state index contributed by atoms with van der Waals surface area (Å²) in [5.74, 6) is -0.939. The lowest BCUT2D eigenvalue weighted by Gasteiger charge is -2.27. The lowest BCUT2D eigenvalue weighted by Crippen LogP contribution is -2.44. The SMILES string of the molecule is NS(=O)(=O)NCC1(C(=O)O)CCCCCC1. The van der Waals surface area contributed by atoms with Crippen molar-refractivity contribution in [2.75, 3.05) is 6.54 Å². The summed E-state index contributed by atoms with van der Waals surface area (Å²) in [6.07, 6.45) is 4.65. The molecule has 1 aliphatic carbocycles. The van der Waals surface area contributed by atoms with E-state index in [1.807, 2.05) is 0 Å². The van der Waals surface area contributed by atoms with E-state index in [-0.39, 0.29) is 6.54 Å². The van der Waals surface area contributed by atoms with E-state index in [0.717, 1.165) is 25.7 Å². The third-order valence-corrected chi connectivity index (χ3v) is 3.67. The molecule has 0 spiro atoms. The zero-order chi connectivity index (χ0) is 12.2. The normalized spacial score (nSPS) is 21.3. The molecule has 1 rings (SSSR count). The number of nitrogens with two attached hydrogens (primary N) is 1. The zero-order valence-electron chi connectivity index (χ0n) is 9.11. The molecule has 4 N–H and O–H groups in total. The number of hydrogen-bond donors (Lipinski definition) is 3. The fraction of sp³-hybridized carbons (Fsp3) is 0.889. The van der Waals surface area contributed by atoms with E-state index in [4.69, 9.17) is 5.14 Å². The molecule has 0 aromatic carbocycles. The Kier molecular flexibility index (Phi) is 4.28. The van der Waals surface area contributed by atoms with Crippen molar-refractivity contribution >= 4 is 16.2 Å². The second-order valence-corrected chi connectivity index (χ2v) is 5.74. The van der Waals surface area contributed by atoms with Crippen LogP contribution in [0.25, 0.3) is 0 Å². The van der Waals surface area contributed by atoms with Crippen molar-refractivity contribution in [3.8, 4) is 0 Å². The molecule has 7 heteroatoms. The third kappa shape index (κ3) is 3.73. The first kappa shape index (κ1) is 13.4. The van der Waals surface area contributed by atoms with Crippen LogP contribution in [0.5, 0.6) is 0 Å². The average Bonchev–Trinajstić information content (AvgIpc) is 2.39. The minimum Gasteiger partial charge on any atom is -0.481 e. The van der Waals surface area contributed by atoms with Crippen LogP contribution in [-0.2, 0) is 15.0 Å². The van der Waals surface area contributed by atoms with Gasteiger partial charge in [0.2, 0.25) is 0 Å². The smallest absolute Gasteiger partial charge is 0.310 e. The summed E-state index contributed by atoms with van der Waals surface area (Å²) in [6, 6.07) is 0. The number of nitrogens with one attached hydrogen (secondary N) is 1. The quantitative estimate of drug-likeness (QED) is 0.619. The number of carboxylic acid groups (broad SMARTS) is 1. The van der Waals surface area contributed by atoms with Crippen molar-refractivity contribution in [3.05, 3.63) is 0 Å². The van der Waals surface area contributed by atoms with Crippen molar-refractivity contribution in [2.45, 2.75) is 38.5 Å².